The van der Waals surface area contributed by atoms with Gasteiger partial charge in [-0.05, 0) is 77.0 Å². The highest BCUT2D eigenvalue weighted by Crippen LogP contribution is 2.43. The molecular formula is C67H119NO8P+. The third-order valence-electron chi connectivity index (χ3n) is 13.4. The lowest BCUT2D eigenvalue weighted by atomic mass is 10.0. The zero-order valence-electron chi connectivity index (χ0n) is 50.4. The van der Waals surface area contributed by atoms with E-state index in [2.05, 4.69) is 111 Å². The Labute approximate surface area is 474 Å². The first-order valence-corrected chi connectivity index (χ1v) is 33.0. The first kappa shape index (κ1) is 73.9. The zero-order chi connectivity index (χ0) is 56.3. The summed E-state index contributed by atoms with van der Waals surface area (Å²) < 4.78 is 34.6. The van der Waals surface area contributed by atoms with E-state index in [-0.39, 0.29) is 32.0 Å². The highest BCUT2D eigenvalue weighted by molar-refractivity contribution is 7.47. The van der Waals surface area contributed by atoms with Crippen LogP contribution in [0.1, 0.15) is 264 Å². The minimum absolute atomic E-state index is 0.0227. The number of hydrogen-bond acceptors (Lipinski definition) is 7. The minimum atomic E-state index is -4.40. The fourth-order valence-corrected chi connectivity index (χ4v) is 9.30. The number of ether oxygens (including phenoxy) is 2. The van der Waals surface area contributed by atoms with Crippen LogP contribution < -0.4 is 0 Å². The summed E-state index contributed by atoms with van der Waals surface area (Å²) in [5, 5.41) is 0. The van der Waals surface area contributed by atoms with E-state index in [1.54, 1.807) is 0 Å². The number of nitrogens with zero attached hydrogens (tertiary/aromatic N) is 1. The van der Waals surface area contributed by atoms with E-state index in [0.717, 1.165) is 96.3 Å². The fourth-order valence-electron chi connectivity index (χ4n) is 8.56. The molecule has 0 rings (SSSR count). The maximum Gasteiger partial charge on any atom is 0.472 e. The van der Waals surface area contributed by atoms with Crippen molar-refractivity contribution in [2.45, 2.75) is 270 Å². The molecule has 1 N–H and O–H groups in total. The molecule has 0 fully saturated rings. The summed E-state index contributed by atoms with van der Waals surface area (Å²) in [5.74, 6) is -0.823. The van der Waals surface area contributed by atoms with Gasteiger partial charge in [0.1, 0.15) is 19.8 Å². The van der Waals surface area contributed by atoms with Crippen LogP contribution in [0.4, 0.5) is 0 Å². The summed E-state index contributed by atoms with van der Waals surface area (Å²) in [4.78, 5) is 35.8. The van der Waals surface area contributed by atoms with Crippen LogP contribution in [-0.2, 0) is 32.7 Å². The maximum atomic E-state index is 12.8. The number of phosphoric ester groups is 1. The lowest BCUT2D eigenvalue weighted by molar-refractivity contribution is -0.870. The average Bonchev–Trinajstić information content (AvgIpc) is 3.39. The van der Waals surface area contributed by atoms with E-state index >= 15 is 0 Å². The van der Waals surface area contributed by atoms with Gasteiger partial charge in [0.15, 0.2) is 6.10 Å². The zero-order valence-corrected chi connectivity index (χ0v) is 51.3. The molecule has 10 heteroatoms. The molecule has 0 saturated heterocycles. The number of quaternary nitrogens is 1. The van der Waals surface area contributed by atoms with Crippen molar-refractivity contribution < 1.29 is 42.1 Å². The van der Waals surface area contributed by atoms with E-state index in [1.807, 2.05) is 21.1 Å². The molecule has 0 aromatic heterocycles. The molecule has 0 radical (unpaired) electrons. The van der Waals surface area contributed by atoms with Gasteiger partial charge in [-0.25, -0.2) is 4.57 Å². The lowest BCUT2D eigenvalue weighted by Crippen LogP contribution is -2.37. The average molecular weight is 1100 g/mol. The van der Waals surface area contributed by atoms with Crippen LogP contribution in [0.5, 0.6) is 0 Å². The molecule has 9 nitrogen and oxygen atoms in total. The predicted octanol–water partition coefficient (Wildman–Crippen LogP) is 20.0. The van der Waals surface area contributed by atoms with Crippen LogP contribution in [0, 0.1) is 0 Å². The molecule has 0 heterocycles. The smallest absolute Gasteiger partial charge is 0.462 e. The number of carbonyl (C=O) groups is 2. The molecule has 0 saturated carbocycles. The molecule has 0 aromatic rings. The number of hydrogen-bond donors (Lipinski definition) is 1. The Balaban J connectivity index is 4.20. The molecule has 0 aliphatic rings. The number of unbranched alkanes of at least 4 members (excludes halogenated alkanes) is 27. The second-order valence-electron chi connectivity index (χ2n) is 22.1. The quantitative estimate of drug-likeness (QED) is 0.0211. The lowest BCUT2D eigenvalue weighted by Gasteiger charge is -2.24. The molecular weight excluding hydrogens is 978 g/mol. The molecule has 77 heavy (non-hydrogen) atoms. The van der Waals surface area contributed by atoms with Crippen molar-refractivity contribution in [3.63, 3.8) is 0 Å². The van der Waals surface area contributed by atoms with Gasteiger partial charge < -0.3 is 18.9 Å². The Morgan fingerprint density at radius 2 is 0.740 bits per heavy atom. The normalized spacial score (nSPS) is 13.9. The van der Waals surface area contributed by atoms with Crippen LogP contribution in [0.3, 0.4) is 0 Å². The van der Waals surface area contributed by atoms with Gasteiger partial charge in [-0.15, -0.1) is 0 Å². The Kier molecular flexibility index (Phi) is 55.3. The number of likely N-dealkylation sites (N-methyl/N-ethyl adjacent to an activating group) is 1. The number of allylic oxidation sites excluding steroid dienone is 16. The molecule has 0 spiro atoms. The van der Waals surface area contributed by atoms with E-state index in [0.29, 0.717) is 17.4 Å². The van der Waals surface area contributed by atoms with Crippen molar-refractivity contribution in [1.82, 2.24) is 0 Å². The number of rotatable bonds is 57. The summed E-state index contributed by atoms with van der Waals surface area (Å²) >= 11 is 0. The topological polar surface area (TPSA) is 108 Å². The summed E-state index contributed by atoms with van der Waals surface area (Å²) in [6, 6.07) is 0. The highest BCUT2D eigenvalue weighted by Gasteiger charge is 2.27. The molecule has 444 valence electrons. The van der Waals surface area contributed by atoms with Crippen LogP contribution >= 0.6 is 7.82 Å². The van der Waals surface area contributed by atoms with Crippen LogP contribution in [0.15, 0.2) is 97.2 Å². The van der Waals surface area contributed by atoms with Gasteiger partial charge in [0.05, 0.1) is 27.7 Å². The van der Waals surface area contributed by atoms with Gasteiger partial charge in [-0.1, -0.05) is 272 Å². The van der Waals surface area contributed by atoms with Crippen molar-refractivity contribution in [2.24, 2.45) is 0 Å². The molecule has 0 aliphatic carbocycles. The molecule has 2 atom stereocenters. The van der Waals surface area contributed by atoms with E-state index in [4.69, 9.17) is 18.5 Å². The van der Waals surface area contributed by atoms with Crippen molar-refractivity contribution in [3.8, 4) is 0 Å². The first-order chi connectivity index (χ1) is 37.5. The third-order valence-corrected chi connectivity index (χ3v) is 14.4. The Hall–Kier alpha value is -3.07. The van der Waals surface area contributed by atoms with Crippen molar-refractivity contribution >= 4 is 19.8 Å². The highest BCUT2D eigenvalue weighted by atomic mass is 31.2. The largest absolute Gasteiger partial charge is 0.472 e. The second-order valence-corrected chi connectivity index (χ2v) is 23.5. The maximum absolute atomic E-state index is 12.8. The number of phosphoric acid groups is 1. The van der Waals surface area contributed by atoms with Crippen LogP contribution in [-0.4, -0.2) is 74.9 Å². The molecule has 0 aliphatic heterocycles. The van der Waals surface area contributed by atoms with Gasteiger partial charge >= 0.3 is 19.8 Å². The molecule has 0 amide bonds. The van der Waals surface area contributed by atoms with Gasteiger partial charge in [0, 0.05) is 12.8 Å². The number of carbonyl (C=O) groups excluding carboxylic acids is 2. The van der Waals surface area contributed by atoms with E-state index in [9.17, 15) is 19.0 Å². The van der Waals surface area contributed by atoms with Gasteiger partial charge in [-0.3, -0.25) is 18.6 Å². The monoisotopic (exact) mass is 1100 g/mol. The second kappa shape index (κ2) is 57.6. The predicted molar refractivity (Wildman–Crippen MR) is 330 cm³/mol. The van der Waals surface area contributed by atoms with Crippen LogP contribution in [0.25, 0.3) is 0 Å². The van der Waals surface area contributed by atoms with E-state index in [1.165, 1.54) is 135 Å². The number of esters is 2. The first-order valence-electron chi connectivity index (χ1n) is 31.5. The van der Waals surface area contributed by atoms with Crippen LogP contribution in [0.2, 0.25) is 0 Å². The van der Waals surface area contributed by atoms with Crippen molar-refractivity contribution in [1.29, 1.82) is 0 Å². The Morgan fingerprint density at radius 3 is 1.10 bits per heavy atom. The Bertz CT molecular complexity index is 1620. The Morgan fingerprint density at radius 1 is 0.416 bits per heavy atom. The SMILES string of the molecule is CC/C=C\C/C=C\C/C=C\C/C=C\C/C=C\C/C=C\C/C=C\C/C=C\CCCCCCC(=O)OC(COC(=O)CCCCCCCCCCCCCCCCCCCCCCCCCC)COP(=O)(O)OCC[N+](C)(C)C. The van der Waals surface area contributed by atoms with Gasteiger partial charge in [0.25, 0.3) is 0 Å². The summed E-state index contributed by atoms with van der Waals surface area (Å²) in [7, 11) is 1.45. The summed E-state index contributed by atoms with van der Waals surface area (Å²) in [6.07, 6.45) is 79.2. The standard InChI is InChI=1S/C67H118NO8P/c1-6-8-10-12-14-16-18-20-22-24-26-28-30-32-33-34-35-36-38-40-42-44-46-48-50-52-54-56-58-60-67(70)76-65(64-75-77(71,72)74-62-61-68(3,4)5)63-73-66(69)59-57-55-53-51-49-47-45-43-41-39-37-31-29-27-25-23-21-19-17-15-13-11-9-7-2/h8,10,14,16,20,22,26,28,32-33,35-36,40,42,46,48,65H,6-7,9,11-13,15,17-19,21,23-25,27,29-31,34,37-39,41,43-45,47,49-64H2,1-5H3/p+1/b10-8-,16-14-,22-20-,28-26-,33-32-,36-35-,42-40-,48-46-. The minimum Gasteiger partial charge on any atom is -0.462 e. The van der Waals surface area contributed by atoms with Gasteiger partial charge in [0.2, 0.25) is 0 Å². The molecule has 0 bridgehead atoms. The summed E-state index contributed by atoms with van der Waals surface area (Å²) in [6.45, 7) is 4.31. The molecule has 0 aromatic carbocycles. The summed E-state index contributed by atoms with van der Waals surface area (Å²) in [5.41, 5.74) is 0. The van der Waals surface area contributed by atoms with E-state index < -0.39 is 26.5 Å². The van der Waals surface area contributed by atoms with Gasteiger partial charge in [-0.2, -0.15) is 0 Å². The third kappa shape index (κ3) is 62.0. The van der Waals surface area contributed by atoms with Crippen molar-refractivity contribution in [2.75, 3.05) is 47.5 Å². The fraction of sp³-hybridized carbons (Fsp3) is 0.731. The van der Waals surface area contributed by atoms with Crippen molar-refractivity contribution in [3.05, 3.63) is 97.2 Å². The molecule has 2 unspecified atom stereocenters.